The first-order valence-corrected chi connectivity index (χ1v) is 10.2. The van der Waals surface area contributed by atoms with Crippen LogP contribution in [0.3, 0.4) is 0 Å². The standard InChI is InChI=1S/C23H19BrFN3O2/c1-14-11-17(15(2)28(14)20-9-7-19(25)8-10-20)12-21-22(29)27(23(30)26-21)13-16-3-5-18(24)6-4-16/h3-12H,13H2,1-2H3,(H,26,30)/b21-12-. The van der Waals surface area contributed by atoms with Crippen LogP contribution in [0.1, 0.15) is 22.5 Å². The first-order chi connectivity index (χ1) is 14.3. The van der Waals surface area contributed by atoms with Gasteiger partial charge in [0.2, 0.25) is 0 Å². The number of imide groups is 1. The molecule has 0 radical (unpaired) electrons. The highest BCUT2D eigenvalue weighted by molar-refractivity contribution is 9.10. The third-order valence-corrected chi connectivity index (χ3v) is 5.60. The Morgan fingerprint density at radius 3 is 2.37 bits per heavy atom. The number of halogens is 2. The van der Waals surface area contributed by atoms with Gasteiger partial charge in [-0.3, -0.25) is 9.69 Å². The predicted octanol–water partition coefficient (Wildman–Crippen LogP) is 5.09. The quantitative estimate of drug-likeness (QED) is 0.429. The number of benzene rings is 2. The van der Waals surface area contributed by atoms with Crippen LogP contribution in [-0.4, -0.2) is 21.4 Å². The van der Waals surface area contributed by atoms with Crippen LogP contribution in [0.5, 0.6) is 0 Å². The second kappa shape index (κ2) is 7.91. The Morgan fingerprint density at radius 1 is 1.03 bits per heavy atom. The van der Waals surface area contributed by atoms with Crippen LogP contribution in [0.25, 0.3) is 11.8 Å². The molecule has 1 fully saturated rings. The highest BCUT2D eigenvalue weighted by Gasteiger charge is 2.33. The maximum absolute atomic E-state index is 13.3. The average molecular weight is 468 g/mol. The van der Waals surface area contributed by atoms with Gasteiger partial charge in [0, 0.05) is 21.5 Å². The Bertz CT molecular complexity index is 1160. The molecule has 3 amide bonds. The van der Waals surface area contributed by atoms with E-state index < -0.39 is 6.03 Å². The second-order valence-electron chi connectivity index (χ2n) is 7.14. The van der Waals surface area contributed by atoms with Crippen molar-refractivity contribution >= 4 is 33.9 Å². The lowest BCUT2D eigenvalue weighted by molar-refractivity contribution is -0.123. The second-order valence-corrected chi connectivity index (χ2v) is 8.06. The van der Waals surface area contributed by atoms with Crippen molar-refractivity contribution in [2.24, 2.45) is 0 Å². The van der Waals surface area contributed by atoms with Crippen LogP contribution < -0.4 is 5.32 Å². The number of rotatable bonds is 4. The van der Waals surface area contributed by atoms with Gasteiger partial charge < -0.3 is 9.88 Å². The Morgan fingerprint density at radius 2 is 1.70 bits per heavy atom. The number of hydrogen-bond acceptors (Lipinski definition) is 2. The minimum absolute atomic E-state index is 0.198. The van der Waals surface area contributed by atoms with E-state index in [1.165, 1.54) is 17.0 Å². The summed E-state index contributed by atoms with van der Waals surface area (Å²) < 4.78 is 16.2. The molecule has 1 aliphatic rings. The van der Waals surface area contributed by atoms with Gasteiger partial charge in [-0.25, -0.2) is 9.18 Å². The molecule has 4 rings (SSSR count). The normalized spacial score (nSPS) is 15.2. The SMILES string of the molecule is Cc1cc(/C=C2\NC(=O)N(Cc3ccc(Br)cc3)C2=O)c(C)n1-c1ccc(F)cc1. The lowest BCUT2D eigenvalue weighted by atomic mass is 10.2. The van der Waals surface area contributed by atoms with E-state index in [9.17, 15) is 14.0 Å². The van der Waals surface area contributed by atoms with Gasteiger partial charge in [0.05, 0.1) is 6.54 Å². The molecule has 0 saturated carbocycles. The van der Waals surface area contributed by atoms with Crippen LogP contribution >= 0.6 is 15.9 Å². The molecule has 2 aromatic carbocycles. The monoisotopic (exact) mass is 467 g/mol. The fourth-order valence-corrected chi connectivity index (χ4v) is 3.83. The Hall–Kier alpha value is -3.19. The number of nitrogens with one attached hydrogen (secondary N) is 1. The summed E-state index contributed by atoms with van der Waals surface area (Å²) in [7, 11) is 0. The third kappa shape index (κ3) is 3.80. The van der Waals surface area contributed by atoms with Gasteiger partial charge in [0.25, 0.3) is 5.91 Å². The first-order valence-electron chi connectivity index (χ1n) is 9.37. The zero-order valence-corrected chi connectivity index (χ0v) is 18.0. The van der Waals surface area contributed by atoms with Crippen molar-refractivity contribution < 1.29 is 14.0 Å². The molecule has 0 spiro atoms. The maximum Gasteiger partial charge on any atom is 0.329 e. The maximum atomic E-state index is 13.3. The number of hydrogen-bond donors (Lipinski definition) is 1. The molecule has 30 heavy (non-hydrogen) atoms. The molecule has 1 aromatic heterocycles. The summed E-state index contributed by atoms with van der Waals surface area (Å²) in [5.41, 5.74) is 4.56. The van der Waals surface area contributed by atoms with Crippen molar-refractivity contribution in [2.75, 3.05) is 0 Å². The molecular weight excluding hydrogens is 449 g/mol. The number of aromatic nitrogens is 1. The van der Waals surface area contributed by atoms with Crippen molar-refractivity contribution in [2.45, 2.75) is 20.4 Å². The lowest BCUT2D eigenvalue weighted by Gasteiger charge is -2.11. The minimum Gasteiger partial charge on any atom is -0.318 e. The van der Waals surface area contributed by atoms with Crippen molar-refractivity contribution in [3.63, 3.8) is 0 Å². The largest absolute Gasteiger partial charge is 0.329 e. The van der Waals surface area contributed by atoms with Crippen LogP contribution in [0.4, 0.5) is 9.18 Å². The van der Waals surface area contributed by atoms with Crippen LogP contribution in [0.15, 0.2) is 64.8 Å². The predicted molar refractivity (Wildman–Crippen MR) is 116 cm³/mol. The Labute approximate surface area is 181 Å². The zero-order chi connectivity index (χ0) is 21.4. The molecule has 1 saturated heterocycles. The smallest absolute Gasteiger partial charge is 0.318 e. The molecule has 0 bridgehead atoms. The van der Waals surface area contributed by atoms with E-state index in [0.29, 0.717) is 0 Å². The van der Waals surface area contributed by atoms with Crippen LogP contribution in [0.2, 0.25) is 0 Å². The minimum atomic E-state index is -0.443. The summed E-state index contributed by atoms with van der Waals surface area (Å²) in [6.07, 6.45) is 1.68. The number of amides is 3. The van der Waals surface area contributed by atoms with E-state index in [1.54, 1.807) is 18.2 Å². The Kier molecular flexibility index (Phi) is 5.30. The molecule has 152 valence electrons. The zero-order valence-electron chi connectivity index (χ0n) is 16.4. The molecule has 1 N–H and O–H groups in total. The van der Waals surface area contributed by atoms with Gasteiger partial charge >= 0.3 is 6.03 Å². The summed E-state index contributed by atoms with van der Waals surface area (Å²) >= 11 is 3.37. The molecule has 7 heteroatoms. The summed E-state index contributed by atoms with van der Waals surface area (Å²) in [5, 5.41) is 2.67. The van der Waals surface area contributed by atoms with E-state index in [0.717, 1.165) is 32.7 Å². The average Bonchev–Trinajstić information content (AvgIpc) is 3.14. The van der Waals surface area contributed by atoms with Gasteiger partial charge in [0.1, 0.15) is 11.5 Å². The Balaban J connectivity index is 1.61. The molecule has 0 atom stereocenters. The van der Waals surface area contributed by atoms with Gasteiger partial charge in [0.15, 0.2) is 0 Å². The first kappa shape index (κ1) is 20.1. The highest BCUT2D eigenvalue weighted by atomic mass is 79.9. The third-order valence-electron chi connectivity index (χ3n) is 5.07. The highest BCUT2D eigenvalue weighted by Crippen LogP contribution is 2.25. The van der Waals surface area contributed by atoms with E-state index in [1.807, 2.05) is 48.7 Å². The van der Waals surface area contributed by atoms with Gasteiger partial charge in [-0.2, -0.15) is 0 Å². The number of carbonyl (C=O) groups is 2. The number of urea groups is 1. The van der Waals surface area contributed by atoms with Crippen LogP contribution in [-0.2, 0) is 11.3 Å². The number of carbonyl (C=O) groups excluding carboxylic acids is 2. The molecule has 5 nitrogen and oxygen atoms in total. The molecule has 3 aromatic rings. The molecule has 2 heterocycles. The van der Waals surface area contributed by atoms with Gasteiger partial charge in [-0.1, -0.05) is 28.1 Å². The topological polar surface area (TPSA) is 54.3 Å². The summed E-state index contributed by atoms with van der Waals surface area (Å²) in [5.74, 6) is -0.664. The van der Waals surface area contributed by atoms with Crippen molar-refractivity contribution in [1.29, 1.82) is 0 Å². The molecule has 1 aliphatic heterocycles. The van der Waals surface area contributed by atoms with E-state index in [2.05, 4.69) is 21.2 Å². The summed E-state index contributed by atoms with van der Waals surface area (Å²) in [6.45, 7) is 4.06. The fourth-order valence-electron chi connectivity index (χ4n) is 3.56. The summed E-state index contributed by atoms with van der Waals surface area (Å²) in [6, 6.07) is 15.2. The van der Waals surface area contributed by atoms with E-state index >= 15 is 0 Å². The van der Waals surface area contributed by atoms with E-state index in [-0.39, 0.29) is 24.0 Å². The van der Waals surface area contributed by atoms with Crippen molar-refractivity contribution in [3.05, 3.63) is 93.1 Å². The van der Waals surface area contributed by atoms with Gasteiger partial charge in [-0.15, -0.1) is 0 Å². The summed E-state index contributed by atoms with van der Waals surface area (Å²) in [4.78, 5) is 26.4. The number of aryl methyl sites for hydroxylation is 1. The molecule has 0 unspecified atom stereocenters. The number of nitrogens with zero attached hydrogens (tertiary/aromatic N) is 2. The van der Waals surface area contributed by atoms with Crippen LogP contribution in [0, 0.1) is 19.7 Å². The fraction of sp³-hybridized carbons (Fsp3) is 0.130. The van der Waals surface area contributed by atoms with Crippen molar-refractivity contribution in [3.8, 4) is 5.69 Å². The molecule has 0 aliphatic carbocycles. The van der Waals surface area contributed by atoms with Crippen molar-refractivity contribution in [1.82, 2.24) is 14.8 Å². The van der Waals surface area contributed by atoms with Gasteiger partial charge in [-0.05, 0) is 73.5 Å². The van der Waals surface area contributed by atoms with E-state index in [4.69, 9.17) is 0 Å². The molecular formula is C23H19BrFN3O2. The lowest BCUT2D eigenvalue weighted by Crippen LogP contribution is -2.30.